The van der Waals surface area contributed by atoms with Crippen molar-refractivity contribution in [2.75, 3.05) is 39.3 Å². The van der Waals surface area contributed by atoms with Gasteiger partial charge in [-0.1, -0.05) is 6.92 Å². The van der Waals surface area contributed by atoms with Crippen LogP contribution < -0.4 is 0 Å². The van der Waals surface area contributed by atoms with E-state index in [2.05, 4.69) is 22.8 Å². The number of piperazine rings is 1. The summed E-state index contributed by atoms with van der Waals surface area (Å²) >= 11 is 0. The Labute approximate surface area is 148 Å². The molecule has 0 N–H and O–H groups in total. The van der Waals surface area contributed by atoms with Gasteiger partial charge in [0.2, 0.25) is 5.91 Å². The van der Waals surface area contributed by atoms with E-state index in [0.29, 0.717) is 29.6 Å². The van der Waals surface area contributed by atoms with Crippen molar-refractivity contribution in [3.8, 4) is 6.07 Å². The Morgan fingerprint density at radius 3 is 2.64 bits per heavy atom. The van der Waals surface area contributed by atoms with Crippen molar-refractivity contribution >= 4 is 5.91 Å². The third-order valence-electron chi connectivity index (χ3n) is 5.45. The van der Waals surface area contributed by atoms with Crippen LogP contribution in [0.4, 0.5) is 4.39 Å². The highest BCUT2D eigenvalue weighted by Gasteiger charge is 2.35. The lowest BCUT2D eigenvalue weighted by Crippen LogP contribution is -2.53. The second kappa shape index (κ2) is 7.51. The molecule has 0 aromatic heterocycles. The van der Waals surface area contributed by atoms with E-state index in [9.17, 15) is 9.18 Å². The summed E-state index contributed by atoms with van der Waals surface area (Å²) in [5.74, 6) is 0.407. The van der Waals surface area contributed by atoms with Crippen molar-refractivity contribution in [1.29, 1.82) is 5.26 Å². The quantitative estimate of drug-likeness (QED) is 0.837. The number of carbonyl (C=O) groups is 1. The van der Waals surface area contributed by atoms with Crippen molar-refractivity contribution in [3.05, 3.63) is 35.1 Å². The average molecular weight is 344 g/mol. The molecule has 0 radical (unpaired) electrons. The van der Waals surface area contributed by atoms with Crippen molar-refractivity contribution in [2.45, 2.75) is 26.4 Å². The van der Waals surface area contributed by atoms with Crippen molar-refractivity contribution in [3.63, 3.8) is 0 Å². The van der Waals surface area contributed by atoms with E-state index in [1.54, 1.807) is 13.0 Å². The molecule has 2 atom stereocenters. The Kier molecular flexibility index (Phi) is 5.36. The molecule has 2 aliphatic heterocycles. The fourth-order valence-corrected chi connectivity index (χ4v) is 4.03. The van der Waals surface area contributed by atoms with Gasteiger partial charge >= 0.3 is 0 Å². The zero-order chi connectivity index (χ0) is 18.0. The maximum Gasteiger partial charge on any atom is 0.219 e. The number of rotatable bonds is 3. The van der Waals surface area contributed by atoms with Crippen LogP contribution in [-0.2, 0) is 11.3 Å². The lowest BCUT2D eigenvalue weighted by atomic mass is 10.0. The number of amides is 1. The first-order valence-corrected chi connectivity index (χ1v) is 8.88. The minimum Gasteiger partial charge on any atom is -0.340 e. The van der Waals surface area contributed by atoms with Crippen LogP contribution in [0.25, 0.3) is 0 Å². The van der Waals surface area contributed by atoms with Gasteiger partial charge in [0.1, 0.15) is 5.82 Å². The lowest BCUT2D eigenvalue weighted by Gasteiger charge is -2.39. The first kappa shape index (κ1) is 17.8. The molecule has 25 heavy (non-hydrogen) atoms. The van der Waals surface area contributed by atoms with Crippen LogP contribution >= 0.6 is 0 Å². The third-order valence-corrected chi connectivity index (χ3v) is 5.45. The Bertz CT molecular complexity index is 678. The van der Waals surface area contributed by atoms with Crippen molar-refractivity contribution in [2.24, 2.45) is 5.92 Å². The van der Waals surface area contributed by atoms with Gasteiger partial charge in [-0.05, 0) is 24.1 Å². The number of nitrogens with zero attached hydrogens (tertiary/aromatic N) is 4. The van der Waals surface area contributed by atoms with Crippen LogP contribution in [0.2, 0.25) is 0 Å². The molecule has 2 saturated heterocycles. The van der Waals surface area contributed by atoms with Gasteiger partial charge in [0.25, 0.3) is 0 Å². The van der Waals surface area contributed by atoms with E-state index in [4.69, 9.17) is 5.26 Å². The van der Waals surface area contributed by atoms with Gasteiger partial charge < -0.3 is 4.90 Å². The molecule has 5 nitrogen and oxygen atoms in total. The monoisotopic (exact) mass is 344 g/mol. The first-order valence-electron chi connectivity index (χ1n) is 8.88. The smallest absolute Gasteiger partial charge is 0.219 e. The van der Waals surface area contributed by atoms with Crippen LogP contribution in [0.1, 0.15) is 25.0 Å². The Hall–Kier alpha value is -1.97. The predicted molar refractivity (Wildman–Crippen MR) is 93.2 cm³/mol. The summed E-state index contributed by atoms with van der Waals surface area (Å²) in [4.78, 5) is 18.1. The molecule has 2 heterocycles. The van der Waals surface area contributed by atoms with E-state index in [1.165, 1.54) is 12.1 Å². The number of hydrogen-bond acceptors (Lipinski definition) is 4. The zero-order valence-electron chi connectivity index (χ0n) is 14.9. The largest absolute Gasteiger partial charge is 0.340 e. The van der Waals surface area contributed by atoms with Gasteiger partial charge in [-0.2, -0.15) is 5.26 Å². The molecule has 1 aromatic rings. The minimum atomic E-state index is -0.245. The maximum absolute atomic E-state index is 14.0. The van der Waals surface area contributed by atoms with Gasteiger partial charge in [-0.25, -0.2) is 4.39 Å². The summed E-state index contributed by atoms with van der Waals surface area (Å²) in [6.07, 6.45) is 0. The average Bonchev–Trinajstić information content (AvgIpc) is 2.97. The summed E-state index contributed by atoms with van der Waals surface area (Å²) in [7, 11) is 0. The Morgan fingerprint density at radius 2 is 2.00 bits per heavy atom. The Morgan fingerprint density at radius 1 is 1.28 bits per heavy atom. The van der Waals surface area contributed by atoms with Crippen molar-refractivity contribution in [1.82, 2.24) is 14.7 Å². The molecule has 0 saturated carbocycles. The number of benzene rings is 1. The maximum atomic E-state index is 14.0. The highest BCUT2D eigenvalue weighted by molar-refractivity contribution is 5.73. The van der Waals surface area contributed by atoms with E-state index in [-0.39, 0.29) is 11.7 Å². The third kappa shape index (κ3) is 4.00. The second-order valence-corrected chi connectivity index (χ2v) is 7.20. The molecule has 0 unspecified atom stereocenters. The van der Waals surface area contributed by atoms with Crippen LogP contribution in [0.3, 0.4) is 0 Å². The normalized spacial score (nSPS) is 25.1. The molecule has 1 amide bonds. The van der Waals surface area contributed by atoms with E-state index in [1.807, 2.05) is 4.90 Å². The number of halogens is 1. The molecule has 2 aliphatic rings. The van der Waals surface area contributed by atoms with E-state index < -0.39 is 0 Å². The number of hydrogen-bond donors (Lipinski definition) is 0. The molecular formula is C19H25FN4O. The summed E-state index contributed by atoms with van der Waals surface area (Å²) in [5, 5.41) is 9.01. The molecule has 0 bridgehead atoms. The summed E-state index contributed by atoms with van der Waals surface area (Å²) < 4.78 is 14.0. The topological polar surface area (TPSA) is 50.6 Å². The SMILES string of the molecule is CC(=O)N1CCN([C@@H]2CN(Cc3cc(C#N)ccc3F)C[C@H]2C)CC1. The molecular weight excluding hydrogens is 319 g/mol. The zero-order valence-corrected chi connectivity index (χ0v) is 14.9. The van der Waals surface area contributed by atoms with Crippen LogP contribution in [0.5, 0.6) is 0 Å². The highest BCUT2D eigenvalue weighted by Crippen LogP contribution is 2.25. The van der Waals surface area contributed by atoms with Crippen LogP contribution in [-0.4, -0.2) is 65.9 Å². The van der Waals surface area contributed by atoms with Crippen LogP contribution in [0, 0.1) is 23.1 Å². The minimum absolute atomic E-state index is 0.147. The highest BCUT2D eigenvalue weighted by atomic mass is 19.1. The number of likely N-dealkylation sites (tertiary alicyclic amines) is 1. The van der Waals surface area contributed by atoms with Gasteiger partial charge in [-0.15, -0.1) is 0 Å². The molecule has 2 fully saturated rings. The Balaban J connectivity index is 1.61. The molecule has 0 spiro atoms. The summed E-state index contributed by atoms with van der Waals surface area (Å²) in [6.45, 7) is 9.61. The predicted octanol–water partition coefficient (Wildman–Crippen LogP) is 1.68. The standard InChI is InChI=1S/C19H25FN4O/c1-14-11-22(12-17-9-16(10-21)3-4-18(17)20)13-19(14)24-7-5-23(6-8-24)15(2)25/h3-4,9,14,19H,5-8,11-13H2,1-2H3/t14-,19-/m1/s1. The van der Waals surface area contributed by atoms with Gasteiger partial charge in [-0.3, -0.25) is 14.6 Å². The number of carbonyl (C=O) groups excluding carboxylic acids is 1. The van der Waals surface area contributed by atoms with E-state index in [0.717, 1.165) is 39.3 Å². The van der Waals surface area contributed by atoms with E-state index >= 15 is 0 Å². The van der Waals surface area contributed by atoms with Crippen LogP contribution in [0.15, 0.2) is 18.2 Å². The first-order chi connectivity index (χ1) is 12.0. The fraction of sp³-hybridized carbons (Fsp3) is 0.579. The molecule has 0 aliphatic carbocycles. The molecule has 1 aromatic carbocycles. The fourth-order valence-electron chi connectivity index (χ4n) is 4.03. The van der Waals surface area contributed by atoms with Gasteiger partial charge in [0.15, 0.2) is 0 Å². The summed E-state index contributed by atoms with van der Waals surface area (Å²) in [6, 6.07) is 7.07. The number of nitriles is 1. The van der Waals surface area contributed by atoms with Gasteiger partial charge in [0, 0.05) is 64.3 Å². The molecule has 6 heteroatoms. The molecule has 134 valence electrons. The summed E-state index contributed by atoms with van der Waals surface area (Å²) in [5.41, 5.74) is 1.09. The lowest BCUT2D eigenvalue weighted by molar-refractivity contribution is -0.130. The molecule has 3 rings (SSSR count). The van der Waals surface area contributed by atoms with Gasteiger partial charge in [0.05, 0.1) is 11.6 Å². The van der Waals surface area contributed by atoms with Crippen molar-refractivity contribution < 1.29 is 9.18 Å². The second-order valence-electron chi connectivity index (χ2n) is 7.20.